The second-order valence-electron chi connectivity index (χ2n) is 4.08. The van der Waals surface area contributed by atoms with Gasteiger partial charge in [0.15, 0.2) is 5.96 Å². The van der Waals surface area contributed by atoms with Crippen molar-refractivity contribution in [2.45, 2.75) is 31.8 Å². The maximum absolute atomic E-state index is 7.30. The summed E-state index contributed by atoms with van der Waals surface area (Å²) in [5, 5.41) is 10.3. The van der Waals surface area contributed by atoms with Crippen LogP contribution >= 0.6 is 0 Å². The van der Waals surface area contributed by atoms with E-state index in [1.165, 1.54) is 0 Å². The molecular formula is C12H20N4. The lowest BCUT2D eigenvalue weighted by atomic mass is 10.00. The Morgan fingerprint density at radius 1 is 1.31 bits per heavy atom. The van der Waals surface area contributed by atoms with E-state index < -0.39 is 0 Å². The maximum Gasteiger partial charge on any atom is 0.186 e. The van der Waals surface area contributed by atoms with Crippen LogP contribution in [0.2, 0.25) is 0 Å². The quantitative estimate of drug-likeness (QED) is 0.446. The summed E-state index contributed by atoms with van der Waals surface area (Å²) in [6.45, 7) is 1.98. The van der Waals surface area contributed by atoms with Gasteiger partial charge in [0.1, 0.15) is 0 Å². The highest BCUT2D eigenvalue weighted by Gasteiger charge is 2.11. The van der Waals surface area contributed by atoms with E-state index in [9.17, 15) is 0 Å². The van der Waals surface area contributed by atoms with Crippen molar-refractivity contribution >= 4 is 5.96 Å². The average molecular weight is 220 g/mol. The van der Waals surface area contributed by atoms with E-state index in [4.69, 9.17) is 16.9 Å². The molecule has 1 aromatic carbocycles. The molecule has 0 aliphatic rings. The van der Waals surface area contributed by atoms with Gasteiger partial charge >= 0.3 is 0 Å². The number of hydrogen-bond acceptors (Lipinski definition) is 2. The van der Waals surface area contributed by atoms with E-state index in [0.29, 0.717) is 0 Å². The first-order valence-electron chi connectivity index (χ1n) is 5.50. The number of hydrogen-bond donors (Lipinski definition) is 4. The molecular weight excluding hydrogens is 200 g/mol. The molecule has 16 heavy (non-hydrogen) atoms. The molecule has 0 heterocycles. The molecule has 0 radical (unpaired) electrons. The molecule has 2 atom stereocenters. The first kappa shape index (κ1) is 12.5. The highest BCUT2D eigenvalue weighted by molar-refractivity contribution is 5.74. The van der Waals surface area contributed by atoms with Gasteiger partial charge < -0.3 is 16.8 Å². The fourth-order valence-corrected chi connectivity index (χ4v) is 1.62. The van der Waals surface area contributed by atoms with Crippen LogP contribution in [0.3, 0.4) is 0 Å². The fraction of sp³-hybridized carbons (Fsp3) is 0.417. The van der Waals surface area contributed by atoms with E-state index in [1.807, 2.05) is 37.3 Å². The Hall–Kier alpha value is -1.55. The third-order valence-electron chi connectivity index (χ3n) is 2.44. The molecule has 2 unspecified atom stereocenters. The normalized spacial score (nSPS) is 14.1. The number of nitrogens with one attached hydrogen (secondary N) is 2. The minimum atomic E-state index is -0.00136. The molecule has 0 aliphatic heterocycles. The molecule has 0 spiro atoms. The zero-order chi connectivity index (χ0) is 12.0. The summed E-state index contributed by atoms with van der Waals surface area (Å²) in [7, 11) is 0. The van der Waals surface area contributed by atoms with Crippen molar-refractivity contribution in [3.63, 3.8) is 0 Å². The highest BCUT2D eigenvalue weighted by Crippen LogP contribution is 2.18. The summed E-state index contributed by atoms with van der Waals surface area (Å²) in [5.41, 5.74) is 12.3. The molecule has 88 valence electrons. The van der Waals surface area contributed by atoms with Gasteiger partial charge in [-0.2, -0.15) is 0 Å². The lowest BCUT2D eigenvalue weighted by Gasteiger charge is -2.20. The molecule has 0 aromatic heterocycles. The summed E-state index contributed by atoms with van der Waals surface area (Å²) < 4.78 is 0. The Morgan fingerprint density at radius 2 is 1.94 bits per heavy atom. The lowest BCUT2D eigenvalue weighted by molar-refractivity contribution is 0.520. The van der Waals surface area contributed by atoms with E-state index >= 15 is 0 Å². The monoisotopic (exact) mass is 220 g/mol. The smallest absolute Gasteiger partial charge is 0.186 e. The Balaban J connectivity index is 2.67. The average Bonchev–Trinajstić information content (AvgIpc) is 2.25. The molecule has 0 saturated heterocycles. The Morgan fingerprint density at radius 3 is 2.44 bits per heavy atom. The van der Waals surface area contributed by atoms with Gasteiger partial charge in [-0.25, -0.2) is 0 Å². The number of guanidine groups is 1. The zero-order valence-electron chi connectivity index (χ0n) is 9.61. The molecule has 4 nitrogen and oxygen atoms in total. The highest BCUT2D eigenvalue weighted by atomic mass is 15.1. The van der Waals surface area contributed by atoms with Gasteiger partial charge in [-0.3, -0.25) is 5.41 Å². The van der Waals surface area contributed by atoms with Crippen molar-refractivity contribution in [3.8, 4) is 0 Å². The zero-order valence-corrected chi connectivity index (χ0v) is 9.61. The van der Waals surface area contributed by atoms with Gasteiger partial charge in [0, 0.05) is 6.04 Å². The van der Waals surface area contributed by atoms with Crippen molar-refractivity contribution in [1.29, 1.82) is 5.41 Å². The summed E-state index contributed by atoms with van der Waals surface area (Å²) in [5.74, 6) is -0.00136. The van der Waals surface area contributed by atoms with E-state index in [2.05, 4.69) is 5.32 Å². The lowest BCUT2D eigenvalue weighted by Crippen LogP contribution is -2.34. The Kier molecular flexibility index (Phi) is 4.79. The topological polar surface area (TPSA) is 87.9 Å². The molecule has 4 heteroatoms. The van der Waals surface area contributed by atoms with Gasteiger partial charge in [-0.05, 0) is 25.3 Å². The van der Waals surface area contributed by atoms with Crippen LogP contribution in [0.25, 0.3) is 0 Å². The van der Waals surface area contributed by atoms with Crippen LogP contribution in [-0.4, -0.2) is 12.0 Å². The van der Waals surface area contributed by atoms with Gasteiger partial charge in [-0.15, -0.1) is 0 Å². The van der Waals surface area contributed by atoms with Crippen LogP contribution in [-0.2, 0) is 0 Å². The predicted octanol–water partition coefficient (Wildman–Crippen LogP) is 1.34. The molecule has 6 N–H and O–H groups in total. The maximum atomic E-state index is 7.30. The van der Waals surface area contributed by atoms with Gasteiger partial charge in [0.25, 0.3) is 0 Å². The van der Waals surface area contributed by atoms with Crippen LogP contribution in [0, 0.1) is 5.41 Å². The molecule has 0 amide bonds. The van der Waals surface area contributed by atoms with E-state index in [0.717, 1.165) is 18.4 Å². The molecule has 0 saturated carbocycles. The van der Waals surface area contributed by atoms with Crippen molar-refractivity contribution < 1.29 is 0 Å². The summed E-state index contributed by atoms with van der Waals surface area (Å²) in [4.78, 5) is 0. The third kappa shape index (κ3) is 4.31. The Bertz CT molecular complexity index is 321. The fourth-order valence-electron chi connectivity index (χ4n) is 1.62. The Labute approximate surface area is 96.5 Å². The van der Waals surface area contributed by atoms with Crippen LogP contribution < -0.4 is 16.8 Å². The second kappa shape index (κ2) is 6.12. The molecule has 1 aromatic rings. The third-order valence-corrected chi connectivity index (χ3v) is 2.44. The molecule has 0 aliphatic carbocycles. The minimum absolute atomic E-state index is 0.00136. The van der Waals surface area contributed by atoms with Crippen molar-refractivity contribution in [2.24, 2.45) is 11.5 Å². The van der Waals surface area contributed by atoms with Crippen LogP contribution in [0.4, 0.5) is 0 Å². The minimum Gasteiger partial charge on any atom is -0.370 e. The first-order valence-corrected chi connectivity index (χ1v) is 5.50. The van der Waals surface area contributed by atoms with Crippen molar-refractivity contribution in [2.75, 3.05) is 0 Å². The van der Waals surface area contributed by atoms with Gasteiger partial charge in [0.2, 0.25) is 0 Å². The van der Waals surface area contributed by atoms with Crippen molar-refractivity contribution in [3.05, 3.63) is 35.9 Å². The van der Waals surface area contributed by atoms with Gasteiger partial charge in [0.05, 0.1) is 6.04 Å². The summed E-state index contributed by atoms with van der Waals surface area (Å²) in [6.07, 6.45) is 1.78. The van der Waals surface area contributed by atoms with E-state index in [1.54, 1.807) is 0 Å². The SMILES string of the molecule is CC(N)CCC(NC(=N)N)c1ccccc1. The first-order chi connectivity index (χ1) is 7.59. The van der Waals surface area contributed by atoms with Gasteiger partial charge in [-0.1, -0.05) is 30.3 Å². The van der Waals surface area contributed by atoms with E-state index in [-0.39, 0.29) is 18.0 Å². The van der Waals surface area contributed by atoms with Crippen molar-refractivity contribution in [1.82, 2.24) is 5.32 Å². The largest absolute Gasteiger partial charge is 0.370 e. The standard InChI is InChI=1S/C12H20N4/c1-9(13)7-8-11(16-12(14)15)10-5-3-2-4-6-10/h2-6,9,11H,7-8,13H2,1H3,(H4,14,15,16). The van der Waals surface area contributed by atoms with Crippen LogP contribution in [0.1, 0.15) is 31.4 Å². The van der Waals surface area contributed by atoms with Crippen LogP contribution in [0.15, 0.2) is 30.3 Å². The van der Waals surface area contributed by atoms with Crippen LogP contribution in [0.5, 0.6) is 0 Å². The number of benzene rings is 1. The number of rotatable bonds is 5. The molecule has 0 fully saturated rings. The molecule has 0 bridgehead atoms. The summed E-state index contributed by atoms with van der Waals surface area (Å²) in [6, 6.07) is 10.2. The summed E-state index contributed by atoms with van der Waals surface area (Å²) >= 11 is 0. The number of nitrogens with two attached hydrogens (primary N) is 2. The second-order valence-corrected chi connectivity index (χ2v) is 4.08. The molecule has 1 rings (SSSR count). The predicted molar refractivity (Wildman–Crippen MR) is 67.1 cm³/mol.